The van der Waals surface area contributed by atoms with E-state index in [0.29, 0.717) is 0 Å². The van der Waals surface area contributed by atoms with Crippen molar-refractivity contribution in [1.29, 1.82) is 0 Å². The molecule has 3 amide bonds. The van der Waals surface area contributed by atoms with Crippen LogP contribution in [-0.4, -0.2) is 69.0 Å². The van der Waals surface area contributed by atoms with Gasteiger partial charge in [0.15, 0.2) is 0 Å². The number of amides is 3. The number of aromatic amines is 1. The van der Waals surface area contributed by atoms with E-state index in [2.05, 4.69) is 20.9 Å². The van der Waals surface area contributed by atoms with Crippen molar-refractivity contribution in [2.45, 2.75) is 63.7 Å². The maximum Gasteiger partial charge on any atom is 0.326 e. The molecule has 2 aromatic carbocycles. The molecule has 4 atom stereocenters. The van der Waals surface area contributed by atoms with E-state index < -0.39 is 66.2 Å². The van der Waals surface area contributed by atoms with Crippen LogP contribution in [0.25, 0.3) is 10.9 Å². The third-order valence-corrected chi connectivity index (χ3v) is 6.88. The number of carboxylic acid groups (broad SMARTS) is 2. The summed E-state index contributed by atoms with van der Waals surface area (Å²) >= 11 is 0. The molecular formula is C30H37N5O7. The van der Waals surface area contributed by atoms with Gasteiger partial charge in [-0.25, -0.2) is 4.79 Å². The van der Waals surface area contributed by atoms with Crippen LogP contribution < -0.4 is 21.7 Å². The topological polar surface area (TPSA) is 204 Å². The van der Waals surface area contributed by atoms with E-state index in [0.717, 1.165) is 22.0 Å². The van der Waals surface area contributed by atoms with Gasteiger partial charge in [-0.3, -0.25) is 19.2 Å². The van der Waals surface area contributed by atoms with Crippen molar-refractivity contribution in [3.05, 3.63) is 71.9 Å². The fourth-order valence-corrected chi connectivity index (χ4v) is 4.54. The Labute approximate surface area is 243 Å². The summed E-state index contributed by atoms with van der Waals surface area (Å²) in [7, 11) is 0. The smallest absolute Gasteiger partial charge is 0.326 e. The van der Waals surface area contributed by atoms with Gasteiger partial charge in [-0.15, -0.1) is 0 Å². The Bertz CT molecular complexity index is 1410. The van der Waals surface area contributed by atoms with Crippen molar-refractivity contribution >= 4 is 40.6 Å². The molecule has 12 nitrogen and oxygen atoms in total. The second-order valence-electron chi connectivity index (χ2n) is 10.5. The molecule has 0 aliphatic heterocycles. The Balaban J connectivity index is 1.75. The number of nitrogens with one attached hydrogen (secondary N) is 4. The summed E-state index contributed by atoms with van der Waals surface area (Å²) in [5.41, 5.74) is 8.77. The molecule has 0 aliphatic carbocycles. The minimum absolute atomic E-state index is 0.112. The molecule has 3 rings (SSSR count). The monoisotopic (exact) mass is 579 g/mol. The van der Waals surface area contributed by atoms with Gasteiger partial charge >= 0.3 is 11.9 Å². The number of H-pyrrole nitrogens is 1. The lowest BCUT2D eigenvalue weighted by Crippen LogP contribution is -2.59. The highest BCUT2D eigenvalue weighted by molar-refractivity contribution is 5.94. The predicted molar refractivity (Wildman–Crippen MR) is 155 cm³/mol. The normalized spacial score (nSPS) is 14.0. The van der Waals surface area contributed by atoms with Crippen LogP contribution in [0.2, 0.25) is 0 Å². The molecular weight excluding hydrogens is 542 g/mol. The molecule has 0 bridgehead atoms. The minimum atomic E-state index is -1.45. The van der Waals surface area contributed by atoms with Crippen LogP contribution in [0.5, 0.6) is 0 Å². The SMILES string of the molecule is CC(C)C(NC(=O)C(Cc1ccccc1)NC(=O)C(N)Cc1c[nH]c2ccccc12)C(=O)NC(CCC(=O)O)C(=O)O. The number of rotatable bonds is 15. The lowest BCUT2D eigenvalue weighted by atomic mass is 9.99. The Morgan fingerprint density at radius 3 is 2.10 bits per heavy atom. The number of hydrogen-bond donors (Lipinski definition) is 7. The number of aromatic nitrogens is 1. The number of nitrogens with two attached hydrogens (primary N) is 1. The van der Waals surface area contributed by atoms with Crippen LogP contribution >= 0.6 is 0 Å². The van der Waals surface area contributed by atoms with Gasteiger partial charge in [0.2, 0.25) is 17.7 Å². The molecule has 42 heavy (non-hydrogen) atoms. The van der Waals surface area contributed by atoms with Gasteiger partial charge in [-0.05, 0) is 36.0 Å². The van der Waals surface area contributed by atoms with Crippen LogP contribution in [0.15, 0.2) is 60.8 Å². The number of benzene rings is 2. The number of carboxylic acids is 2. The van der Waals surface area contributed by atoms with Gasteiger partial charge in [-0.2, -0.15) is 0 Å². The van der Waals surface area contributed by atoms with E-state index in [1.807, 2.05) is 30.3 Å². The summed E-state index contributed by atoms with van der Waals surface area (Å²) in [6, 6.07) is 11.9. The molecule has 0 saturated heterocycles. The largest absolute Gasteiger partial charge is 0.481 e. The zero-order valence-corrected chi connectivity index (χ0v) is 23.5. The first-order valence-corrected chi connectivity index (χ1v) is 13.7. The van der Waals surface area contributed by atoms with Crippen LogP contribution in [0.1, 0.15) is 37.8 Å². The van der Waals surface area contributed by atoms with Crippen molar-refractivity contribution in [3.8, 4) is 0 Å². The lowest BCUT2D eigenvalue weighted by Gasteiger charge is -2.27. The summed E-state index contributed by atoms with van der Waals surface area (Å²) in [4.78, 5) is 65.4. The molecule has 0 saturated carbocycles. The molecule has 1 aromatic heterocycles. The zero-order chi connectivity index (χ0) is 30.8. The van der Waals surface area contributed by atoms with E-state index in [4.69, 9.17) is 10.8 Å². The van der Waals surface area contributed by atoms with Crippen molar-refractivity contribution in [3.63, 3.8) is 0 Å². The van der Waals surface area contributed by atoms with Crippen molar-refractivity contribution in [1.82, 2.24) is 20.9 Å². The highest BCUT2D eigenvalue weighted by Crippen LogP contribution is 2.19. The molecule has 1 heterocycles. The average Bonchev–Trinajstić information content (AvgIpc) is 3.35. The van der Waals surface area contributed by atoms with Gasteiger partial charge in [-0.1, -0.05) is 62.4 Å². The fraction of sp³-hybridized carbons (Fsp3) is 0.367. The molecule has 3 aromatic rings. The number of fused-ring (bicyclic) bond motifs is 1. The number of para-hydroxylation sites is 1. The summed E-state index contributed by atoms with van der Waals surface area (Å²) in [5.74, 6) is -5.04. The summed E-state index contributed by atoms with van der Waals surface area (Å²) in [5, 5.41) is 27.0. The first-order chi connectivity index (χ1) is 20.0. The Morgan fingerprint density at radius 1 is 0.810 bits per heavy atom. The van der Waals surface area contributed by atoms with Gasteiger partial charge in [0.25, 0.3) is 0 Å². The second kappa shape index (κ2) is 14.8. The Kier molecular flexibility index (Phi) is 11.2. The molecule has 0 aliphatic rings. The van der Waals surface area contributed by atoms with Crippen LogP contribution in [0.4, 0.5) is 0 Å². The number of carbonyl (C=O) groups is 5. The molecule has 0 fully saturated rings. The molecule has 224 valence electrons. The van der Waals surface area contributed by atoms with E-state index >= 15 is 0 Å². The number of aliphatic carboxylic acids is 2. The third kappa shape index (κ3) is 8.90. The summed E-state index contributed by atoms with van der Waals surface area (Å²) < 4.78 is 0. The maximum atomic E-state index is 13.5. The third-order valence-electron chi connectivity index (χ3n) is 6.88. The quantitative estimate of drug-likeness (QED) is 0.140. The molecule has 4 unspecified atom stereocenters. The molecule has 0 radical (unpaired) electrons. The average molecular weight is 580 g/mol. The lowest BCUT2D eigenvalue weighted by molar-refractivity contribution is -0.143. The van der Waals surface area contributed by atoms with E-state index in [-0.39, 0.29) is 19.3 Å². The standard InChI is InChI=1S/C30H37N5O7/c1-17(2)26(29(40)33-23(30(41)42)12-13-25(36)37)35-28(39)24(14-18-8-4-3-5-9-18)34-27(38)21(31)15-19-16-32-22-11-7-6-10-20(19)22/h3-11,16-17,21,23-24,26,32H,12-15,31H2,1-2H3,(H,33,40)(H,34,38)(H,35,39)(H,36,37)(H,41,42). The minimum Gasteiger partial charge on any atom is -0.481 e. The van der Waals surface area contributed by atoms with Gasteiger partial charge in [0, 0.05) is 29.9 Å². The summed E-state index contributed by atoms with van der Waals surface area (Å²) in [6.07, 6.45) is 1.34. The fourth-order valence-electron chi connectivity index (χ4n) is 4.54. The Hall–Kier alpha value is -4.71. The number of hydrogen-bond acceptors (Lipinski definition) is 6. The molecule has 0 spiro atoms. The number of carbonyl (C=O) groups excluding carboxylic acids is 3. The first-order valence-electron chi connectivity index (χ1n) is 13.7. The van der Waals surface area contributed by atoms with Crippen LogP contribution in [-0.2, 0) is 36.8 Å². The van der Waals surface area contributed by atoms with Crippen molar-refractivity contribution in [2.75, 3.05) is 0 Å². The summed E-state index contributed by atoms with van der Waals surface area (Å²) in [6.45, 7) is 3.33. The second-order valence-corrected chi connectivity index (χ2v) is 10.5. The zero-order valence-electron chi connectivity index (χ0n) is 23.5. The Morgan fingerprint density at radius 2 is 1.45 bits per heavy atom. The highest BCUT2D eigenvalue weighted by atomic mass is 16.4. The predicted octanol–water partition coefficient (Wildman–Crippen LogP) is 1.34. The van der Waals surface area contributed by atoms with Crippen LogP contribution in [0, 0.1) is 5.92 Å². The molecule has 12 heteroatoms. The van der Waals surface area contributed by atoms with Crippen molar-refractivity contribution in [2.24, 2.45) is 11.7 Å². The maximum absolute atomic E-state index is 13.5. The highest BCUT2D eigenvalue weighted by Gasteiger charge is 2.32. The van der Waals surface area contributed by atoms with Gasteiger partial charge < -0.3 is 36.9 Å². The van der Waals surface area contributed by atoms with Gasteiger partial charge in [0.05, 0.1) is 6.04 Å². The van der Waals surface area contributed by atoms with E-state index in [1.54, 1.807) is 44.3 Å². The van der Waals surface area contributed by atoms with Crippen LogP contribution in [0.3, 0.4) is 0 Å². The van der Waals surface area contributed by atoms with Crippen molar-refractivity contribution < 1.29 is 34.2 Å². The van der Waals surface area contributed by atoms with E-state index in [9.17, 15) is 29.1 Å². The van der Waals surface area contributed by atoms with Gasteiger partial charge in [0.1, 0.15) is 18.1 Å². The first kappa shape index (κ1) is 31.8. The van der Waals surface area contributed by atoms with E-state index in [1.165, 1.54) is 0 Å². The molecule has 8 N–H and O–H groups in total.